The summed E-state index contributed by atoms with van der Waals surface area (Å²) in [5, 5.41) is 0. The van der Waals surface area contributed by atoms with Gasteiger partial charge in [-0.05, 0) is 53.7 Å². The van der Waals surface area contributed by atoms with E-state index < -0.39 is 0 Å². The van der Waals surface area contributed by atoms with E-state index in [0.717, 1.165) is 30.0 Å². The van der Waals surface area contributed by atoms with Crippen LogP contribution >= 0.6 is 12.0 Å². The first-order valence-electron chi connectivity index (χ1n) is 9.49. The predicted molar refractivity (Wildman–Crippen MR) is 116 cm³/mol. The smallest absolute Gasteiger partial charge is 0.204 e. The summed E-state index contributed by atoms with van der Waals surface area (Å²) in [6.07, 6.45) is 8.62. The molecule has 4 nitrogen and oxygen atoms in total. The Balaban J connectivity index is 0.000000706. The average Bonchev–Trinajstić information content (AvgIpc) is 2.75. The summed E-state index contributed by atoms with van der Waals surface area (Å²) < 4.78 is 9.07. The van der Waals surface area contributed by atoms with Gasteiger partial charge >= 0.3 is 0 Å². The maximum absolute atomic E-state index is 9.07. The summed E-state index contributed by atoms with van der Waals surface area (Å²) in [7, 11) is 0. The minimum atomic E-state index is 0.250. The Kier molecular flexibility index (Phi) is 7.48. The zero-order valence-electron chi connectivity index (χ0n) is 15.9. The maximum atomic E-state index is 9.07. The quantitative estimate of drug-likeness (QED) is 0.573. The van der Waals surface area contributed by atoms with Crippen molar-refractivity contribution in [3.05, 3.63) is 77.4 Å². The Hall–Kier alpha value is -2.34. The van der Waals surface area contributed by atoms with Gasteiger partial charge in [0.05, 0.1) is 0 Å². The van der Waals surface area contributed by atoms with E-state index in [9.17, 15) is 0 Å². The molecule has 0 unspecified atom stereocenters. The third kappa shape index (κ3) is 5.35. The van der Waals surface area contributed by atoms with Crippen molar-refractivity contribution in [2.75, 3.05) is 13.1 Å². The van der Waals surface area contributed by atoms with Gasteiger partial charge in [0.1, 0.15) is 0 Å². The van der Waals surface area contributed by atoms with E-state index in [0.29, 0.717) is 0 Å². The normalized spacial score (nSPS) is 16.2. The summed E-state index contributed by atoms with van der Waals surface area (Å²) in [4.78, 5) is 12.0. The number of benzene rings is 2. The lowest BCUT2D eigenvalue weighted by Crippen LogP contribution is -2.31. The molecule has 0 atom stereocenters. The lowest BCUT2D eigenvalue weighted by atomic mass is 9.91. The molecule has 0 saturated heterocycles. The largest absolute Gasteiger partial charge is 0.372 e. The van der Waals surface area contributed by atoms with Gasteiger partial charge in [-0.3, -0.25) is 9.69 Å². The molecule has 5 heteroatoms. The number of nitrogens with two attached hydrogens (primary N) is 1. The van der Waals surface area contributed by atoms with Gasteiger partial charge in [-0.15, -0.1) is 0 Å². The average molecular weight is 395 g/mol. The maximum Gasteiger partial charge on any atom is 0.204 e. The number of nitrogens with zero attached hydrogens (tertiary/aromatic N) is 1. The molecule has 1 amide bonds. The van der Waals surface area contributed by atoms with Gasteiger partial charge in [0.2, 0.25) is 6.41 Å². The summed E-state index contributed by atoms with van der Waals surface area (Å²) >= 11 is 0.788. The van der Waals surface area contributed by atoms with Gasteiger partial charge in [-0.2, -0.15) is 0 Å². The molecule has 0 spiro atoms. The number of hydrogen-bond donors (Lipinski definition) is 2. The highest BCUT2D eigenvalue weighted by Crippen LogP contribution is 2.28. The van der Waals surface area contributed by atoms with Crippen LogP contribution in [0.15, 0.2) is 76.7 Å². The highest BCUT2D eigenvalue weighted by Gasteiger charge is 2.18. The Labute approximate surface area is 171 Å². The molecule has 1 aliphatic carbocycles. The van der Waals surface area contributed by atoms with Crippen LogP contribution in [0, 0.1) is 0 Å². The van der Waals surface area contributed by atoms with Crippen LogP contribution in [0.1, 0.15) is 24.8 Å². The topological polar surface area (TPSA) is 66.6 Å². The standard InChI is InChI=1S/C22H23NOS.CH3NO/c24-25-22-11-9-20(10-12-22)19-7-5-17(6-8-19)15-23-14-13-18-3-1-2-4-21(18)16-23;2-1-3/h2,4-12,24H,1,3,13-16H2;1H,(H2,2,3). The Morgan fingerprint density at radius 1 is 1.04 bits per heavy atom. The van der Waals surface area contributed by atoms with Crippen LogP contribution < -0.4 is 5.73 Å². The van der Waals surface area contributed by atoms with E-state index >= 15 is 0 Å². The van der Waals surface area contributed by atoms with E-state index in [1.54, 1.807) is 11.1 Å². The third-order valence-electron chi connectivity index (χ3n) is 5.16. The van der Waals surface area contributed by atoms with Gasteiger partial charge in [-0.1, -0.05) is 54.1 Å². The fourth-order valence-electron chi connectivity index (χ4n) is 3.73. The molecule has 1 aliphatic heterocycles. The van der Waals surface area contributed by atoms with Crippen LogP contribution in [0.5, 0.6) is 0 Å². The first-order valence-corrected chi connectivity index (χ1v) is 10.3. The van der Waals surface area contributed by atoms with Crippen LogP contribution in [-0.2, 0) is 11.3 Å². The number of carbonyl (C=O) groups excluding carboxylic acids is 1. The van der Waals surface area contributed by atoms with Crippen molar-refractivity contribution in [2.24, 2.45) is 5.73 Å². The van der Waals surface area contributed by atoms with Gasteiger partial charge in [0.15, 0.2) is 0 Å². The molecule has 146 valence electrons. The van der Waals surface area contributed by atoms with Crippen LogP contribution in [0.4, 0.5) is 0 Å². The van der Waals surface area contributed by atoms with E-state index in [-0.39, 0.29) is 6.41 Å². The number of primary amides is 1. The molecular formula is C23H26N2O2S. The second-order valence-electron chi connectivity index (χ2n) is 6.98. The van der Waals surface area contributed by atoms with Crippen molar-refractivity contribution < 1.29 is 9.35 Å². The lowest BCUT2D eigenvalue weighted by molar-refractivity contribution is -0.106. The lowest BCUT2D eigenvalue weighted by Gasteiger charge is -2.31. The summed E-state index contributed by atoms with van der Waals surface area (Å²) in [5.74, 6) is 0. The molecule has 0 radical (unpaired) electrons. The monoisotopic (exact) mass is 394 g/mol. The van der Waals surface area contributed by atoms with Crippen molar-refractivity contribution >= 4 is 18.5 Å². The summed E-state index contributed by atoms with van der Waals surface area (Å²) in [6.45, 7) is 3.29. The van der Waals surface area contributed by atoms with Gasteiger partial charge < -0.3 is 10.3 Å². The van der Waals surface area contributed by atoms with E-state index in [1.165, 1.54) is 42.5 Å². The molecule has 0 saturated carbocycles. The molecule has 2 aliphatic rings. The van der Waals surface area contributed by atoms with Gasteiger partial charge in [0, 0.05) is 36.6 Å². The zero-order chi connectivity index (χ0) is 19.8. The number of hydrogen-bond acceptors (Lipinski definition) is 4. The molecule has 1 heterocycles. The molecule has 28 heavy (non-hydrogen) atoms. The third-order valence-corrected chi connectivity index (χ3v) is 5.65. The molecule has 2 aromatic rings. The Bertz CT molecular complexity index is 842. The number of amides is 1. The first-order chi connectivity index (χ1) is 13.7. The van der Waals surface area contributed by atoms with E-state index in [1.807, 2.05) is 12.1 Å². The Morgan fingerprint density at radius 3 is 2.32 bits per heavy atom. The minimum absolute atomic E-state index is 0.250. The molecule has 2 aromatic carbocycles. The second kappa shape index (κ2) is 10.3. The summed E-state index contributed by atoms with van der Waals surface area (Å²) in [6, 6.07) is 16.9. The van der Waals surface area contributed by atoms with Gasteiger partial charge in [-0.25, -0.2) is 0 Å². The first kappa shape index (κ1) is 20.4. The SMILES string of the molecule is NC=O.OSc1ccc(-c2ccc(CN3CCC4=C(C=CCC4)C3)cc2)cc1. The van der Waals surface area contributed by atoms with Crippen molar-refractivity contribution in [1.29, 1.82) is 0 Å². The van der Waals surface area contributed by atoms with Crippen LogP contribution in [0.2, 0.25) is 0 Å². The van der Waals surface area contributed by atoms with E-state index in [2.05, 4.69) is 59.2 Å². The number of carbonyl (C=O) groups is 1. The predicted octanol–water partition coefficient (Wildman–Crippen LogP) is 4.87. The zero-order valence-corrected chi connectivity index (χ0v) is 16.7. The highest BCUT2D eigenvalue weighted by molar-refractivity contribution is 7.93. The number of rotatable bonds is 4. The molecule has 4 rings (SSSR count). The Morgan fingerprint density at radius 2 is 1.68 bits per heavy atom. The van der Waals surface area contributed by atoms with Crippen molar-refractivity contribution in [3.63, 3.8) is 0 Å². The molecule has 0 aromatic heterocycles. The highest BCUT2D eigenvalue weighted by atomic mass is 32.2. The van der Waals surface area contributed by atoms with Crippen molar-refractivity contribution in [2.45, 2.75) is 30.7 Å². The molecule has 3 N–H and O–H groups in total. The fourth-order valence-corrected chi connectivity index (χ4v) is 3.99. The number of allylic oxidation sites excluding steroid dienone is 1. The van der Waals surface area contributed by atoms with E-state index in [4.69, 9.17) is 9.35 Å². The van der Waals surface area contributed by atoms with Crippen LogP contribution in [0.25, 0.3) is 11.1 Å². The van der Waals surface area contributed by atoms with Crippen molar-refractivity contribution in [3.8, 4) is 11.1 Å². The van der Waals surface area contributed by atoms with Crippen molar-refractivity contribution in [1.82, 2.24) is 4.90 Å². The van der Waals surface area contributed by atoms with Crippen LogP contribution in [0.3, 0.4) is 0 Å². The minimum Gasteiger partial charge on any atom is -0.372 e. The fraction of sp³-hybridized carbons (Fsp3) is 0.261. The van der Waals surface area contributed by atoms with Crippen LogP contribution in [-0.4, -0.2) is 29.0 Å². The molecular weight excluding hydrogens is 368 g/mol. The summed E-state index contributed by atoms with van der Waals surface area (Å²) in [5.41, 5.74) is 11.2. The second-order valence-corrected chi connectivity index (χ2v) is 7.63. The molecule has 0 fully saturated rings. The molecule has 0 bridgehead atoms. The van der Waals surface area contributed by atoms with Gasteiger partial charge in [0.25, 0.3) is 0 Å².